The molecular formula is C13H19N3O3. The van der Waals surface area contributed by atoms with Crippen LogP contribution in [0.3, 0.4) is 0 Å². The highest BCUT2D eigenvalue weighted by molar-refractivity contribution is 5.93. The molecule has 0 saturated carbocycles. The van der Waals surface area contributed by atoms with Gasteiger partial charge in [-0.2, -0.15) is 0 Å². The predicted octanol–water partition coefficient (Wildman–Crippen LogP) is 0.917. The van der Waals surface area contributed by atoms with Gasteiger partial charge in [-0.15, -0.1) is 9.94 Å². The van der Waals surface area contributed by atoms with E-state index in [0.29, 0.717) is 25.0 Å². The zero-order valence-corrected chi connectivity index (χ0v) is 11.0. The number of aromatic nitrogens is 2. The van der Waals surface area contributed by atoms with Crippen molar-refractivity contribution in [2.45, 2.75) is 32.1 Å². The Kier molecular flexibility index (Phi) is 4.94. The molecule has 0 bridgehead atoms. The quantitative estimate of drug-likeness (QED) is 0.566. The Balaban J connectivity index is 1.85. The maximum Gasteiger partial charge on any atom is 0.257 e. The molecule has 6 heteroatoms. The summed E-state index contributed by atoms with van der Waals surface area (Å²) < 4.78 is 0. The second-order valence-corrected chi connectivity index (χ2v) is 4.63. The Labute approximate surface area is 112 Å². The van der Waals surface area contributed by atoms with E-state index in [1.807, 2.05) is 4.90 Å². The number of hydrogen-bond donors (Lipinski definition) is 0. The van der Waals surface area contributed by atoms with E-state index in [0.717, 1.165) is 32.2 Å². The highest BCUT2D eigenvalue weighted by Gasteiger charge is 2.19. The van der Waals surface area contributed by atoms with Crippen LogP contribution in [0.2, 0.25) is 0 Å². The molecule has 1 aromatic heterocycles. The molecule has 6 nitrogen and oxygen atoms in total. The number of hydrogen-bond acceptors (Lipinski definition) is 4. The maximum atomic E-state index is 12.2. The zero-order chi connectivity index (χ0) is 13.5. The van der Waals surface area contributed by atoms with Gasteiger partial charge in [-0.25, -0.2) is 0 Å². The summed E-state index contributed by atoms with van der Waals surface area (Å²) in [5, 5.41) is 3.99. The third-order valence-corrected chi connectivity index (χ3v) is 3.14. The topological polar surface area (TPSA) is 64.4 Å². The van der Waals surface area contributed by atoms with Gasteiger partial charge in [0.15, 0.2) is 0 Å². The van der Waals surface area contributed by atoms with Crippen molar-refractivity contribution in [3.05, 3.63) is 18.0 Å². The Hall–Kier alpha value is -1.85. The number of rotatable bonds is 6. The fourth-order valence-electron chi connectivity index (χ4n) is 2.09. The third kappa shape index (κ3) is 3.81. The van der Waals surface area contributed by atoms with Crippen molar-refractivity contribution < 1.29 is 14.4 Å². The average Bonchev–Trinajstić information content (AvgIpc) is 2.92. The Morgan fingerprint density at radius 3 is 2.89 bits per heavy atom. The molecule has 0 aromatic carbocycles. The molecule has 0 spiro atoms. The van der Waals surface area contributed by atoms with E-state index in [1.54, 1.807) is 6.20 Å². The van der Waals surface area contributed by atoms with E-state index >= 15 is 0 Å². The van der Waals surface area contributed by atoms with Crippen LogP contribution in [0.1, 0.15) is 42.5 Å². The summed E-state index contributed by atoms with van der Waals surface area (Å²) >= 11 is 0. The number of carbonyl (C=O) groups is 2. The van der Waals surface area contributed by atoms with Crippen LogP contribution in [0.5, 0.6) is 0 Å². The van der Waals surface area contributed by atoms with Gasteiger partial charge in [0.2, 0.25) is 0 Å². The molecule has 1 fully saturated rings. The summed E-state index contributed by atoms with van der Waals surface area (Å²) in [6.45, 7) is 2.06. The van der Waals surface area contributed by atoms with Gasteiger partial charge in [-0.05, 0) is 25.7 Å². The van der Waals surface area contributed by atoms with Crippen LogP contribution in [-0.4, -0.2) is 46.7 Å². The molecule has 1 aliphatic rings. The van der Waals surface area contributed by atoms with E-state index in [4.69, 9.17) is 4.84 Å². The minimum absolute atomic E-state index is 0.0161. The lowest BCUT2D eigenvalue weighted by molar-refractivity contribution is -0.108. The van der Waals surface area contributed by atoms with Crippen molar-refractivity contribution in [1.82, 2.24) is 14.8 Å². The van der Waals surface area contributed by atoms with Crippen molar-refractivity contribution in [3.63, 3.8) is 0 Å². The Morgan fingerprint density at radius 2 is 2.16 bits per heavy atom. The molecule has 1 aliphatic heterocycles. The second kappa shape index (κ2) is 6.92. The van der Waals surface area contributed by atoms with Crippen molar-refractivity contribution in [2.75, 3.05) is 19.7 Å². The third-order valence-electron chi connectivity index (χ3n) is 3.14. The van der Waals surface area contributed by atoms with E-state index in [-0.39, 0.29) is 5.91 Å². The average molecular weight is 265 g/mol. The first kappa shape index (κ1) is 13.6. The molecule has 1 amide bonds. The van der Waals surface area contributed by atoms with Gasteiger partial charge in [0.1, 0.15) is 12.9 Å². The summed E-state index contributed by atoms with van der Waals surface area (Å²) in [4.78, 5) is 30.8. The van der Waals surface area contributed by atoms with Gasteiger partial charge in [-0.1, -0.05) is 0 Å². The van der Waals surface area contributed by atoms with Gasteiger partial charge in [0.05, 0.1) is 18.0 Å². The van der Waals surface area contributed by atoms with Crippen molar-refractivity contribution in [1.29, 1.82) is 0 Å². The molecule has 0 unspecified atom stereocenters. The lowest BCUT2D eigenvalue weighted by Crippen LogP contribution is -2.35. The van der Waals surface area contributed by atoms with Crippen LogP contribution in [-0.2, 0) is 4.79 Å². The van der Waals surface area contributed by atoms with Crippen molar-refractivity contribution in [3.8, 4) is 0 Å². The minimum Gasteiger partial charge on any atom is -0.397 e. The molecule has 0 radical (unpaired) electrons. The normalized spacial score (nSPS) is 15.3. The number of piperidine rings is 1. The molecular weight excluding hydrogens is 246 g/mol. The smallest absolute Gasteiger partial charge is 0.257 e. The van der Waals surface area contributed by atoms with Crippen LogP contribution < -0.4 is 4.84 Å². The Bertz CT molecular complexity index is 425. The van der Waals surface area contributed by atoms with E-state index < -0.39 is 0 Å². The van der Waals surface area contributed by atoms with Crippen molar-refractivity contribution >= 4 is 12.2 Å². The second-order valence-electron chi connectivity index (χ2n) is 4.63. The molecule has 0 aliphatic carbocycles. The molecule has 2 rings (SSSR count). The van der Waals surface area contributed by atoms with Crippen LogP contribution in [0.4, 0.5) is 0 Å². The van der Waals surface area contributed by atoms with E-state index in [9.17, 15) is 9.59 Å². The lowest BCUT2D eigenvalue weighted by atomic mass is 10.1. The van der Waals surface area contributed by atoms with Crippen LogP contribution in [0, 0.1) is 0 Å². The molecule has 2 heterocycles. The molecule has 104 valence electrons. The number of likely N-dealkylation sites (tertiary alicyclic amines) is 1. The SMILES string of the molecule is O=CCCCOn1cc(C(=O)N2CCCCC2)cn1. The van der Waals surface area contributed by atoms with Gasteiger partial charge in [0.25, 0.3) is 5.91 Å². The first-order valence-electron chi connectivity index (χ1n) is 6.72. The van der Waals surface area contributed by atoms with Crippen molar-refractivity contribution in [2.24, 2.45) is 0 Å². The first-order valence-corrected chi connectivity index (χ1v) is 6.72. The summed E-state index contributed by atoms with van der Waals surface area (Å²) in [6.07, 6.45) is 8.44. The van der Waals surface area contributed by atoms with E-state index in [1.165, 1.54) is 17.5 Å². The first-order chi connectivity index (χ1) is 9.31. The number of unbranched alkanes of at least 4 members (excludes halogenated alkanes) is 1. The number of carbonyl (C=O) groups excluding carboxylic acids is 2. The molecule has 0 N–H and O–H groups in total. The van der Waals surface area contributed by atoms with Crippen LogP contribution in [0.25, 0.3) is 0 Å². The number of nitrogens with zero attached hydrogens (tertiary/aromatic N) is 3. The van der Waals surface area contributed by atoms with Gasteiger partial charge in [0, 0.05) is 19.5 Å². The predicted molar refractivity (Wildman–Crippen MR) is 68.7 cm³/mol. The monoisotopic (exact) mass is 265 g/mol. The summed E-state index contributed by atoms with van der Waals surface area (Å²) in [5.41, 5.74) is 0.553. The van der Waals surface area contributed by atoms with Gasteiger partial charge >= 0.3 is 0 Å². The molecule has 19 heavy (non-hydrogen) atoms. The molecule has 1 aromatic rings. The largest absolute Gasteiger partial charge is 0.397 e. The maximum absolute atomic E-state index is 12.2. The molecule has 1 saturated heterocycles. The fraction of sp³-hybridized carbons (Fsp3) is 0.615. The van der Waals surface area contributed by atoms with Gasteiger partial charge in [-0.3, -0.25) is 4.79 Å². The summed E-state index contributed by atoms with van der Waals surface area (Å²) in [7, 11) is 0. The van der Waals surface area contributed by atoms with Crippen LogP contribution >= 0.6 is 0 Å². The highest BCUT2D eigenvalue weighted by atomic mass is 16.7. The Morgan fingerprint density at radius 1 is 1.37 bits per heavy atom. The van der Waals surface area contributed by atoms with Crippen LogP contribution in [0.15, 0.2) is 12.4 Å². The van der Waals surface area contributed by atoms with Gasteiger partial charge < -0.3 is 14.5 Å². The highest BCUT2D eigenvalue weighted by Crippen LogP contribution is 2.12. The number of aldehydes is 1. The lowest BCUT2D eigenvalue weighted by Gasteiger charge is -2.26. The molecule has 0 atom stereocenters. The summed E-state index contributed by atoms with van der Waals surface area (Å²) in [5.74, 6) is 0.0161. The standard InChI is InChI=1S/C13H19N3O3/c17-8-4-5-9-19-16-11-12(10-14-16)13(18)15-6-2-1-3-7-15/h8,10-11H,1-7,9H2. The number of amides is 1. The van der Waals surface area contributed by atoms with E-state index in [2.05, 4.69) is 5.10 Å². The minimum atomic E-state index is 0.0161. The summed E-state index contributed by atoms with van der Waals surface area (Å²) in [6, 6.07) is 0. The zero-order valence-electron chi connectivity index (χ0n) is 11.0. The fourth-order valence-corrected chi connectivity index (χ4v) is 2.09.